The minimum Gasteiger partial charge on any atom is -0.383 e. The molecule has 1 rings (SSSR count). The Labute approximate surface area is 117 Å². The van der Waals surface area contributed by atoms with Gasteiger partial charge in [-0.3, -0.25) is 0 Å². The molecule has 1 unspecified atom stereocenters. The molecule has 0 amide bonds. The van der Waals surface area contributed by atoms with E-state index in [9.17, 15) is 0 Å². The molecule has 0 bridgehead atoms. The predicted octanol–water partition coefficient (Wildman–Crippen LogP) is 1.98. The van der Waals surface area contributed by atoms with Crippen LogP contribution >= 0.6 is 0 Å². The lowest BCUT2D eigenvalue weighted by atomic mass is 10.0. The van der Waals surface area contributed by atoms with Gasteiger partial charge < -0.3 is 19.5 Å². The van der Waals surface area contributed by atoms with Crippen LogP contribution in [-0.2, 0) is 11.3 Å². The predicted molar refractivity (Wildman–Crippen MR) is 79.7 cm³/mol. The van der Waals surface area contributed by atoms with E-state index in [1.165, 1.54) is 0 Å². The molecule has 5 heteroatoms. The molecule has 0 aliphatic rings. The Bertz CT molecular complexity index is 398. The van der Waals surface area contributed by atoms with E-state index in [1.54, 1.807) is 7.11 Å². The van der Waals surface area contributed by atoms with Gasteiger partial charge in [-0.2, -0.15) is 0 Å². The number of ether oxygens (including phenoxy) is 1. The van der Waals surface area contributed by atoms with E-state index >= 15 is 0 Å². The van der Waals surface area contributed by atoms with E-state index in [0.29, 0.717) is 6.61 Å². The number of rotatable bonds is 7. The third-order valence-corrected chi connectivity index (χ3v) is 3.46. The third-order valence-electron chi connectivity index (χ3n) is 3.46. The second-order valence-corrected chi connectivity index (χ2v) is 6.04. The number of methoxy groups -OCH3 is 1. The van der Waals surface area contributed by atoms with Gasteiger partial charge in [0.25, 0.3) is 0 Å². The maximum atomic E-state index is 5.15. The van der Waals surface area contributed by atoms with Crippen LogP contribution in [0.15, 0.2) is 6.20 Å². The Morgan fingerprint density at radius 3 is 2.63 bits per heavy atom. The number of hydrogen-bond acceptors (Lipinski definition) is 4. The molecular weight excluding hydrogens is 240 g/mol. The topological polar surface area (TPSA) is 42.3 Å². The van der Waals surface area contributed by atoms with Crippen molar-refractivity contribution in [3.63, 3.8) is 0 Å². The van der Waals surface area contributed by atoms with E-state index in [2.05, 4.69) is 60.8 Å². The highest BCUT2D eigenvalue weighted by molar-refractivity contribution is 5.30. The first-order chi connectivity index (χ1) is 8.76. The maximum Gasteiger partial charge on any atom is 0.203 e. The summed E-state index contributed by atoms with van der Waals surface area (Å²) in [4.78, 5) is 6.78. The molecule has 1 N–H and O–H groups in total. The summed E-state index contributed by atoms with van der Waals surface area (Å²) in [6, 6.07) is 0.244. The highest BCUT2D eigenvalue weighted by atomic mass is 16.5. The smallest absolute Gasteiger partial charge is 0.203 e. The second kappa shape index (κ2) is 6.39. The van der Waals surface area contributed by atoms with Gasteiger partial charge in [-0.15, -0.1) is 0 Å². The molecule has 1 aromatic heterocycles. The van der Waals surface area contributed by atoms with Crippen molar-refractivity contribution in [1.82, 2.24) is 14.5 Å². The van der Waals surface area contributed by atoms with E-state index in [0.717, 1.165) is 18.2 Å². The standard InChI is InChI=1S/C14H28N4O/c1-11-8-18(10-14(3,4)17(5)6)13(15-11)16-12(2)9-19-7/h8,12H,9-10H2,1-7H3,(H,15,16). The van der Waals surface area contributed by atoms with Gasteiger partial charge in [-0.1, -0.05) is 0 Å². The summed E-state index contributed by atoms with van der Waals surface area (Å²) < 4.78 is 7.34. The molecule has 110 valence electrons. The summed E-state index contributed by atoms with van der Waals surface area (Å²) in [5.74, 6) is 0.914. The van der Waals surface area contributed by atoms with Crippen molar-refractivity contribution in [3.05, 3.63) is 11.9 Å². The normalized spacial score (nSPS) is 13.9. The van der Waals surface area contributed by atoms with Gasteiger partial charge in [0.15, 0.2) is 0 Å². The molecule has 0 saturated heterocycles. The SMILES string of the molecule is COCC(C)Nc1nc(C)cn1CC(C)(C)N(C)C. The number of aromatic nitrogens is 2. The van der Waals surface area contributed by atoms with Crippen molar-refractivity contribution in [3.8, 4) is 0 Å². The number of hydrogen-bond donors (Lipinski definition) is 1. The minimum absolute atomic E-state index is 0.0774. The van der Waals surface area contributed by atoms with Crippen molar-refractivity contribution >= 4 is 5.95 Å². The fourth-order valence-electron chi connectivity index (χ4n) is 1.85. The number of anilines is 1. The zero-order valence-electron chi connectivity index (χ0n) is 13.3. The Morgan fingerprint density at radius 1 is 1.47 bits per heavy atom. The summed E-state index contributed by atoms with van der Waals surface area (Å²) in [6.45, 7) is 10.1. The van der Waals surface area contributed by atoms with Crippen molar-refractivity contribution in [2.24, 2.45) is 0 Å². The van der Waals surface area contributed by atoms with Gasteiger partial charge >= 0.3 is 0 Å². The van der Waals surface area contributed by atoms with Crippen molar-refractivity contribution in [2.45, 2.75) is 45.8 Å². The van der Waals surface area contributed by atoms with Gasteiger partial charge in [-0.25, -0.2) is 4.98 Å². The van der Waals surface area contributed by atoms with Crippen LogP contribution in [0, 0.1) is 6.92 Å². The largest absolute Gasteiger partial charge is 0.383 e. The van der Waals surface area contributed by atoms with Gasteiger partial charge in [-0.05, 0) is 41.8 Å². The zero-order chi connectivity index (χ0) is 14.6. The van der Waals surface area contributed by atoms with Crippen molar-refractivity contribution in [1.29, 1.82) is 0 Å². The molecule has 19 heavy (non-hydrogen) atoms. The summed E-state index contributed by atoms with van der Waals surface area (Å²) in [7, 11) is 5.92. The molecule has 1 atom stereocenters. The van der Waals surface area contributed by atoms with Crippen LogP contribution in [-0.4, -0.2) is 53.8 Å². The lowest BCUT2D eigenvalue weighted by molar-refractivity contribution is 0.169. The van der Waals surface area contributed by atoms with Crippen LogP contribution < -0.4 is 5.32 Å². The van der Waals surface area contributed by atoms with Crippen LogP contribution in [0.25, 0.3) is 0 Å². The Kier molecular flexibility index (Phi) is 5.38. The molecule has 0 fully saturated rings. The van der Waals surface area contributed by atoms with Gasteiger partial charge in [0.2, 0.25) is 5.95 Å². The average molecular weight is 268 g/mol. The average Bonchev–Trinajstić information content (AvgIpc) is 2.58. The lowest BCUT2D eigenvalue weighted by Crippen LogP contribution is -2.42. The first-order valence-electron chi connectivity index (χ1n) is 6.73. The highest BCUT2D eigenvalue weighted by Crippen LogP contribution is 2.18. The molecule has 1 heterocycles. The van der Waals surface area contributed by atoms with Crippen LogP contribution in [0.4, 0.5) is 5.95 Å². The quantitative estimate of drug-likeness (QED) is 0.821. The molecule has 0 spiro atoms. The van der Waals surface area contributed by atoms with Gasteiger partial charge in [0.1, 0.15) is 0 Å². The van der Waals surface area contributed by atoms with Gasteiger partial charge in [0.05, 0.1) is 12.3 Å². The molecule has 0 aliphatic carbocycles. The maximum absolute atomic E-state index is 5.15. The molecule has 0 aliphatic heterocycles. The third kappa shape index (κ3) is 4.51. The summed E-state index contributed by atoms with van der Waals surface area (Å²) in [6.07, 6.45) is 2.09. The number of likely N-dealkylation sites (N-methyl/N-ethyl adjacent to an activating group) is 1. The summed E-state index contributed by atoms with van der Waals surface area (Å²) >= 11 is 0. The molecule has 0 aromatic carbocycles. The summed E-state index contributed by atoms with van der Waals surface area (Å²) in [5.41, 5.74) is 1.11. The monoisotopic (exact) mass is 268 g/mol. The fraction of sp³-hybridized carbons (Fsp3) is 0.786. The Hall–Kier alpha value is -1.07. The Morgan fingerprint density at radius 2 is 2.11 bits per heavy atom. The number of aryl methyl sites for hydroxylation is 1. The van der Waals surface area contributed by atoms with Crippen molar-refractivity contribution in [2.75, 3.05) is 33.1 Å². The number of nitrogens with one attached hydrogen (secondary N) is 1. The summed E-state index contributed by atoms with van der Waals surface area (Å²) in [5, 5.41) is 3.40. The van der Waals surface area contributed by atoms with E-state index in [-0.39, 0.29) is 11.6 Å². The van der Waals surface area contributed by atoms with Crippen LogP contribution in [0.5, 0.6) is 0 Å². The number of imidazole rings is 1. The molecule has 5 nitrogen and oxygen atoms in total. The van der Waals surface area contributed by atoms with Crippen LogP contribution in [0.1, 0.15) is 26.5 Å². The second-order valence-electron chi connectivity index (χ2n) is 6.04. The van der Waals surface area contributed by atoms with Crippen LogP contribution in [0.3, 0.4) is 0 Å². The van der Waals surface area contributed by atoms with Crippen molar-refractivity contribution < 1.29 is 4.74 Å². The number of nitrogens with zero attached hydrogens (tertiary/aromatic N) is 3. The van der Waals surface area contributed by atoms with Crippen LogP contribution in [0.2, 0.25) is 0 Å². The zero-order valence-corrected chi connectivity index (χ0v) is 13.3. The van der Waals surface area contributed by atoms with E-state index < -0.39 is 0 Å². The fourth-order valence-corrected chi connectivity index (χ4v) is 1.85. The molecule has 0 radical (unpaired) electrons. The van der Waals surface area contributed by atoms with E-state index in [4.69, 9.17) is 4.74 Å². The molecule has 1 aromatic rings. The van der Waals surface area contributed by atoms with Gasteiger partial charge in [0, 0.05) is 31.4 Å². The highest BCUT2D eigenvalue weighted by Gasteiger charge is 2.23. The first-order valence-corrected chi connectivity index (χ1v) is 6.73. The molecular formula is C14H28N4O. The molecule has 0 saturated carbocycles. The lowest BCUT2D eigenvalue weighted by Gasteiger charge is -2.33. The van der Waals surface area contributed by atoms with E-state index in [1.807, 2.05) is 6.92 Å². The minimum atomic E-state index is 0.0774. The Balaban J connectivity index is 2.84. The first kappa shape index (κ1) is 16.0.